The Kier molecular flexibility index (Phi) is 5.19. The van der Waals surface area contributed by atoms with E-state index < -0.39 is 29.2 Å². The second-order valence-electron chi connectivity index (χ2n) is 5.86. The van der Waals surface area contributed by atoms with Gasteiger partial charge in [0.1, 0.15) is 24.1 Å². The summed E-state index contributed by atoms with van der Waals surface area (Å²) in [6.45, 7) is -0.299. The van der Waals surface area contributed by atoms with E-state index in [-0.39, 0.29) is 24.1 Å². The van der Waals surface area contributed by atoms with E-state index >= 15 is 0 Å². The summed E-state index contributed by atoms with van der Waals surface area (Å²) >= 11 is 0. The van der Waals surface area contributed by atoms with Gasteiger partial charge in [-0.1, -0.05) is 18.2 Å². The molecule has 0 spiro atoms. The third kappa shape index (κ3) is 4.66. The molecule has 0 aliphatic carbocycles. The van der Waals surface area contributed by atoms with E-state index in [1.165, 1.54) is 6.07 Å². The van der Waals surface area contributed by atoms with Crippen LogP contribution in [-0.4, -0.2) is 15.4 Å². The molecule has 0 aliphatic heterocycles. The molecule has 1 aromatic heterocycles. The van der Waals surface area contributed by atoms with Crippen molar-refractivity contribution in [3.05, 3.63) is 64.8 Å². The molecule has 0 unspecified atom stereocenters. The molecule has 0 amide bonds. The largest absolute Gasteiger partial charge is 0.489 e. The van der Waals surface area contributed by atoms with Crippen molar-refractivity contribution < 1.29 is 31.1 Å². The van der Waals surface area contributed by atoms with Crippen LogP contribution >= 0.6 is 0 Å². The molecule has 2 aromatic carbocycles. The van der Waals surface area contributed by atoms with Crippen molar-refractivity contribution in [3.8, 4) is 23.1 Å². The Labute approximate surface area is 159 Å². The quantitative estimate of drug-likeness (QED) is 0.615. The van der Waals surface area contributed by atoms with E-state index in [1.807, 2.05) is 6.07 Å². The number of aromatic nitrogens is 3. The predicted molar refractivity (Wildman–Crippen MR) is 87.3 cm³/mol. The standard InChI is InChI=1S/C18H10F6N4O/c19-17(20,21)12-5-13(18(22,23)24)7-14(6-12)29-9-10-2-1-3-11(4-10)16-15(8-25)26-28-27-16/h1-7H,9H2,(H,26,27,28). The van der Waals surface area contributed by atoms with Crippen molar-refractivity contribution in [2.75, 3.05) is 0 Å². The second-order valence-corrected chi connectivity index (χ2v) is 5.86. The van der Waals surface area contributed by atoms with Crippen LogP contribution in [0.15, 0.2) is 42.5 Å². The van der Waals surface area contributed by atoms with Gasteiger partial charge in [0.25, 0.3) is 0 Å². The third-order valence-electron chi connectivity index (χ3n) is 3.82. The summed E-state index contributed by atoms with van der Waals surface area (Å²) in [6, 6.07) is 9.18. The number of hydrogen-bond donors (Lipinski definition) is 1. The Balaban J connectivity index is 1.87. The normalized spacial score (nSPS) is 11.9. The van der Waals surface area contributed by atoms with Gasteiger partial charge in [-0.3, -0.25) is 0 Å². The number of H-pyrrole nitrogens is 1. The lowest BCUT2D eigenvalue weighted by atomic mass is 10.1. The molecule has 0 bridgehead atoms. The van der Waals surface area contributed by atoms with Gasteiger partial charge in [0.05, 0.1) is 11.1 Å². The van der Waals surface area contributed by atoms with Crippen molar-refractivity contribution in [1.82, 2.24) is 15.4 Å². The van der Waals surface area contributed by atoms with E-state index in [2.05, 4.69) is 15.4 Å². The van der Waals surface area contributed by atoms with Gasteiger partial charge in [0, 0.05) is 5.56 Å². The van der Waals surface area contributed by atoms with Gasteiger partial charge < -0.3 is 4.74 Å². The molecule has 150 valence electrons. The van der Waals surface area contributed by atoms with Gasteiger partial charge in [0.15, 0.2) is 5.69 Å². The number of nitrogens with one attached hydrogen (secondary N) is 1. The number of aromatic amines is 1. The summed E-state index contributed by atoms with van der Waals surface area (Å²) in [6.07, 6.45) is -9.92. The topological polar surface area (TPSA) is 74.6 Å². The molecule has 11 heteroatoms. The molecule has 0 atom stereocenters. The first kappa shape index (κ1) is 20.2. The first-order valence-electron chi connectivity index (χ1n) is 7.90. The fraction of sp³-hybridized carbons (Fsp3) is 0.167. The molecule has 0 radical (unpaired) electrons. The Morgan fingerprint density at radius 1 is 0.931 bits per heavy atom. The van der Waals surface area contributed by atoms with Crippen LogP contribution in [0.2, 0.25) is 0 Å². The summed E-state index contributed by atoms with van der Waals surface area (Å²) in [5.74, 6) is -0.572. The molecule has 1 heterocycles. The maximum absolute atomic E-state index is 12.9. The van der Waals surface area contributed by atoms with Crippen LogP contribution in [0.25, 0.3) is 11.3 Å². The molecule has 1 N–H and O–H groups in total. The molecule has 0 saturated heterocycles. The first-order valence-corrected chi connectivity index (χ1v) is 7.90. The molecule has 0 fully saturated rings. The van der Waals surface area contributed by atoms with Crippen molar-refractivity contribution in [2.45, 2.75) is 19.0 Å². The maximum atomic E-state index is 12.9. The third-order valence-corrected chi connectivity index (χ3v) is 3.82. The van der Waals surface area contributed by atoms with Crippen molar-refractivity contribution in [3.63, 3.8) is 0 Å². The molecule has 3 rings (SSSR count). The number of benzene rings is 2. The average molecular weight is 412 g/mol. The smallest absolute Gasteiger partial charge is 0.416 e. The lowest BCUT2D eigenvalue weighted by molar-refractivity contribution is -0.143. The van der Waals surface area contributed by atoms with E-state index in [0.29, 0.717) is 23.3 Å². The van der Waals surface area contributed by atoms with Crippen LogP contribution in [0.5, 0.6) is 5.75 Å². The van der Waals surface area contributed by atoms with Crippen LogP contribution in [0.3, 0.4) is 0 Å². The number of rotatable bonds is 4. The zero-order valence-corrected chi connectivity index (χ0v) is 14.3. The minimum Gasteiger partial charge on any atom is -0.489 e. The van der Waals surface area contributed by atoms with E-state index in [0.717, 1.165) is 0 Å². The highest BCUT2D eigenvalue weighted by atomic mass is 19.4. The van der Waals surface area contributed by atoms with E-state index in [9.17, 15) is 26.3 Å². The summed E-state index contributed by atoms with van der Waals surface area (Å²) in [5, 5.41) is 18.8. The fourth-order valence-corrected chi connectivity index (χ4v) is 2.49. The lowest BCUT2D eigenvalue weighted by Gasteiger charge is -2.15. The molecular weight excluding hydrogens is 402 g/mol. The summed E-state index contributed by atoms with van der Waals surface area (Å²) in [4.78, 5) is 0. The monoisotopic (exact) mass is 412 g/mol. The van der Waals surface area contributed by atoms with Crippen LogP contribution in [-0.2, 0) is 19.0 Å². The fourth-order valence-electron chi connectivity index (χ4n) is 2.49. The Bertz CT molecular complexity index is 1030. The summed E-state index contributed by atoms with van der Waals surface area (Å²) in [7, 11) is 0. The van der Waals surface area contributed by atoms with E-state index in [4.69, 9.17) is 10.00 Å². The molecule has 29 heavy (non-hydrogen) atoms. The summed E-state index contributed by atoms with van der Waals surface area (Å²) in [5.41, 5.74) is -1.70. The van der Waals surface area contributed by atoms with Crippen molar-refractivity contribution in [2.24, 2.45) is 0 Å². The van der Waals surface area contributed by atoms with Crippen molar-refractivity contribution in [1.29, 1.82) is 5.26 Å². The second kappa shape index (κ2) is 7.46. The number of alkyl halides is 6. The van der Waals surface area contributed by atoms with Crippen molar-refractivity contribution >= 4 is 0 Å². The first-order chi connectivity index (χ1) is 13.6. The maximum Gasteiger partial charge on any atom is 0.416 e. The van der Waals surface area contributed by atoms with Gasteiger partial charge in [-0.05, 0) is 29.8 Å². The average Bonchev–Trinajstić information content (AvgIpc) is 3.14. The Morgan fingerprint density at radius 3 is 2.17 bits per heavy atom. The minimum absolute atomic E-state index is 0.0292. The molecule has 0 aliphatic rings. The van der Waals surface area contributed by atoms with Crippen LogP contribution in [0, 0.1) is 11.3 Å². The molecule has 5 nitrogen and oxygen atoms in total. The number of nitrogens with zero attached hydrogens (tertiary/aromatic N) is 3. The zero-order valence-electron chi connectivity index (χ0n) is 14.3. The minimum atomic E-state index is -4.96. The van der Waals surface area contributed by atoms with Gasteiger partial charge in [0.2, 0.25) is 0 Å². The highest BCUT2D eigenvalue weighted by Crippen LogP contribution is 2.38. The highest BCUT2D eigenvalue weighted by Gasteiger charge is 2.37. The van der Waals surface area contributed by atoms with Crippen LogP contribution < -0.4 is 4.74 Å². The van der Waals surface area contributed by atoms with Gasteiger partial charge in [-0.2, -0.15) is 41.9 Å². The number of ether oxygens (including phenoxy) is 1. The molecule has 3 aromatic rings. The Hall–Kier alpha value is -3.55. The zero-order chi connectivity index (χ0) is 21.2. The lowest BCUT2D eigenvalue weighted by Crippen LogP contribution is -2.11. The van der Waals surface area contributed by atoms with Gasteiger partial charge in [-0.15, -0.1) is 5.10 Å². The number of hydrogen-bond acceptors (Lipinski definition) is 4. The molecular formula is C18H10F6N4O. The van der Waals surface area contributed by atoms with Gasteiger partial charge in [-0.25, -0.2) is 0 Å². The molecule has 0 saturated carbocycles. The van der Waals surface area contributed by atoms with Gasteiger partial charge >= 0.3 is 12.4 Å². The SMILES string of the molecule is N#Cc1n[nH]nc1-c1cccc(COc2cc(C(F)(F)F)cc(C(F)(F)F)c2)c1. The number of halogens is 6. The summed E-state index contributed by atoms with van der Waals surface area (Å²) < 4.78 is 82.7. The van der Waals surface area contributed by atoms with Crippen LogP contribution in [0.4, 0.5) is 26.3 Å². The van der Waals surface area contributed by atoms with E-state index in [1.54, 1.807) is 18.2 Å². The predicted octanol–water partition coefficient (Wildman–Crippen LogP) is 4.96. The number of nitriles is 1. The van der Waals surface area contributed by atoms with Crippen LogP contribution in [0.1, 0.15) is 22.4 Å². The highest BCUT2D eigenvalue weighted by molar-refractivity contribution is 5.64. The Morgan fingerprint density at radius 2 is 1.59 bits per heavy atom.